The third-order valence-corrected chi connectivity index (χ3v) is 3.79. The van der Waals surface area contributed by atoms with E-state index >= 15 is 0 Å². The molecule has 0 fully saturated rings. The maximum Gasteiger partial charge on any atom is 0.270 e. The molecule has 1 aromatic heterocycles. The van der Waals surface area contributed by atoms with Crippen molar-refractivity contribution in [3.63, 3.8) is 0 Å². The largest absolute Gasteiger partial charge is 0.419 e. The number of benzene rings is 2. The number of hydrogen-bond acceptors (Lipinski definition) is 6. The van der Waals surface area contributed by atoms with Crippen molar-refractivity contribution < 1.29 is 14.1 Å². The highest BCUT2D eigenvalue weighted by Gasteiger charge is 2.18. The van der Waals surface area contributed by atoms with Crippen LogP contribution >= 0.6 is 0 Å². The fourth-order valence-electron chi connectivity index (χ4n) is 2.38. The molecule has 8 nitrogen and oxygen atoms in total. The number of aromatic nitrogens is 2. The Labute approximate surface area is 149 Å². The van der Waals surface area contributed by atoms with E-state index in [2.05, 4.69) is 10.2 Å². The number of nitrogens with zero attached hydrogens (tertiary/aromatic N) is 4. The van der Waals surface area contributed by atoms with E-state index in [1.54, 1.807) is 7.05 Å². The van der Waals surface area contributed by atoms with E-state index in [0.717, 1.165) is 11.1 Å². The monoisotopic (exact) mass is 352 g/mol. The zero-order chi connectivity index (χ0) is 18.7. The molecule has 26 heavy (non-hydrogen) atoms. The molecule has 2 aromatic carbocycles. The maximum atomic E-state index is 12.5. The zero-order valence-electron chi connectivity index (χ0n) is 14.2. The minimum absolute atomic E-state index is 0.0976. The Hall–Kier alpha value is -3.55. The Kier molecular flexibility index (Phi) is 4.74. The van der Waals surface area contributed by atoms with Crippen LogP contribution in [-0.2, 0) is 6.54 Å². The van der Waals surface area contributed by atoms with E-state index < -0.39 is 4.92 Å². The van der Waals surface area contributed by atoms with Gasteiger partial charge in [-0.05, 0) is 25.1 Å². The highest BCUT2D eigenvalue weighted by atomic mass is 16.6. The van der Waals surface area contributed by atoms with Gasteiger partial charge in [0.2, 0.25) is 11.8 Å². The van der Waals surface area contributed by atoms with Crippen LogP contribution in [0, 0.1) is 17.0 Å². The molecule has 0 radical (unpaired) electrons. The Morgan fingerprint density at radius 2 is 1.92 bits per heavy atom. The van der Waals surface area contributed by atoms with Crippen LogP contribution in [0.1, 0.15) is 21.8 Å². The van der Waals surface area contributed by atoms with Gasteiger partial charge in [0.15, 0.2) is 0 Å². The van der Waals surface area contributed by atoms with Crippen molar-refractivity contribution in [2.45, 2.75) is 13.5 Å². The highest BCUT2D eigenvalue weighted by molar-refractivity contribution is 5.94. The van der Waals surface area contributed by atoms with E-state index in [9.17, 15) is 14.9 Å². The number of aryl methyl sites for hydroxylation is 1. The summed E-state index contributed by atoms with van der Waals surface area (Å²) in [4.78, 5) is 24.1. The summed E-state index contributed by atoms with van der Waals surface area (Å²) in [6, 6.07) is 13.2. The normalized spacial score (nSPS) is 10.5. The van der Waals surface area contributed by atoms with E-state index in [0.29, 0.717) is 5.89 Å². The molecule has 132 valence electrons. The minimum atomic E-state index is -0.539. The SMILES string of the molecule is Cc1ccc(-c2nnc(CN(C)C(=O)c3cccc([N+](=O)[O-])c3)o2)cc1. The van der Waals surface area contributed by atoms with Crippen molar-refractivity contribution in [2.24, 2.45) is 0 Å². The zero-order valence-corrected chi connectivity index (χ0v) is 14.2. The quantitative estimate of drug-likeness (QED) is 0.516. The van der Waals surface area contributed by atoms with Gasteiger partial charge in [-0.15, -0.1) is 10.2 Å². The van der Waals surface area contributed by atoms with E-state index in [-0.39, 0.29) is 29.6 Å². The predicted octanol–water partition coefficient (Wildman–Crippen LogP) is 3.23. The molecule has 0 saturated carbocycles. The van der Waals surface area contributed by atoms with Gasteiger partial charge in [-0.2, -0.15) is 0 Å². The molecule has 0 unspecified atom stereocenters. The first-order valence-electron chi connectivity index (χ1n) is 7.83. The van der Waals surface area contributed by atoms with Crippen LogP contribution in [0.3, 0.4) is 0 Å². The van der Waals surface area contributed by atoms with Crippen molar-refractivity contribution in [1.29, 1.82) is 0 Å². The molecule has 0 N–H and O–H groups in total. The second-order valence-corrected chi connectivity index (χ2v) is 5.84. The van der Waals surface area contributed by atoms with Gasteiger partial charge < -0.3 is 9.32 Å². The third-order valence-electron chi connectivity index (χ3n) is 3.79. The summed E-state index contributed by atoms with van der Waals surface area (Å²) >= 11 is 0. The number of nitro benzene ring substituents is 1. The first-order chi connectivity index (χ1) is 12.4. The molecule has 0 bridgehead atoms. The van der Waals surface area contributed by atoms with Crippen molar-refractivity contribution in [3.05, 3.63) is 75.7 Å². The smallest absolute Gasteiger partial charge is 0.270 e. The minimum Gasteiger partial charge on any atom is -0.419 e. The van der Waals surface area contributed by atoms with Crippen LogP contribution in [0.4, 0.5) is 5.69 Å². The molecule has 3 rings (SSSR count). The Morgan fingerprint density at radius 3 is 2.62 bits per heavy atom. The fraction of sp³-hybridized carbons (Fsp3) is 0.167. The fourth-order valence-corrected chi connectivity index (χ4v) is 2.38. The maximum absolute atomic E-state index is 12.5. The Balaban J connectivity index is 1.73. The molecule has 0 atom stereocenters. The molecule has 0 aliphatic rings. The average molecular weight is 352 g/mol. The van der Waals surface area contributed by atoms with Gasteiger partial charge >= 0.3 is 0 Å². The van der Waals surface area contributed by atoms with Gasteiger partial charge in [0, 0.05) is 30.3 Å². The molecular formula is C18H16N4O4. The van der Waals surface area contributed by atoms with Crippen molar-refractivity contribution in [1.82, 2.24) is 15.1 Å². The molecule has 1 heterocycles. The van der Waals surface area contributed by atoms with Crippen LogP contribution in [0.2, 0.25) is 0 Å². The van der Waals surface area contributed by atoms with Gasteiger partial charge in [-0.1, -0.05) is 23.8 Å². The summed E-state index contributed by atoms with van der Waals surface area (Å²) in [7, 11) is 1.57. The molecule has 3 aromatic rings. The summed E-state index contributed by atoms with van der Waals surface area (Å²) in [6.07, 6.45) is 0. The summed E-state index contributed by atoms with van der Waals surface area (Å²) in [5, 5.41) is 18.8. The van der Waals surface area contributed by atoms with Gasteiger partial charge in [-0.25, -0.2) is 0 Å². The molecule has 1 amide bonds. The van der Waals surface area contributed by atoms with Gasteiger partial charge in [-0.3, -0.25) is 14.9 Å². The standard InChI is InChI=1S/C18H16N4O4/c1-12-6-8-13(9-7-12)17-20-19-16(26-17)11-21(2)18(23)14-4-3-5-15(10-14)22(24)25/h3-10H,11H2,1-2H3. The Morgan fingerprint density at radius 1 is 1.19 bits per heavy atom. The lowest BCUT2D eigenvalue weighted by Gasteiger charge is -2.14. The molecule has 0 saturated heterocycles. The van der Waals surface area contributed by atoms with Crippen molar-refractivity contribution in [3.8, 4) is 11.5 Å². The second kappa shape index (κ2) is 7.14. The van der Waals surface area contributed by atoms with Crippen LogP contribution < -0.4 is 0 Å². The topological polar surface area (TPSA) is 102 Å². The molecule has 0 aliphatic heterocycles. The number of non-ortho nitro benzene ring substituents is 1. The first-order valence-corrected chi connectivity index (χ1v) is 7.83. The molecular weight excluding hydrogens is 336 g/mol. The molecule has 8 heteroatoms. The molecule has 0 aliphatic carbocycles. The first kappa shape index (κ1) is 17.3. The van der Waals surface area contributed by atoms with E-state index in [1.165, 1.54) is 29.2 Å². The number of nitro groups is 1. The molecule has 0 spiro atoms. The average Bonchev–Trinajstić information content (AvgIpc) is 3.10. The number of hydrogen-bond donors (Lipinski definition) is 0. The lowest BCUT2D eigenvalue weighted by atomic mass is 10.1. The van der Waals surface area contributed by atoms with Crippen LogP contribution in [0.5, 0.6) is 0 Å². The number of carbonyl (C=O) groups excluding carboxylic acids is 1. The summed E-state index contributed by atoms with van der Waals surface area (Å²) in [5.74, 6) is 0.279. The summed E-state index contributed by atoms with van der Waals surface area (Å²) < 4.78 is 5.60. The summed E-state index contributed by atoms with van der Waals surface area (Å²) in [6.45, 7) is 2.08. The van der Waals surface area contributed by atoms with Gasteiger partial charge in [0.25, 0.3) is 11.6 Å². The van der Waals surface area contributed by atoms with E-state index in [1.807, 2.05) is 31.2 Å². The third kappa shape index (κ3) is 3.75. The predicted molar refractivity (Wildman–Crippen MR) is 93.4 cm³/mol. The number of carbonyl (C=O) groups is 1. The van der Waals surface area contributed by atoms with Crippen LogP contribution in [0.15, 0.2) is 52.9 Å². The second-order valence-electron chi connectivity index (χ2n) is 5.84. The number of amides is 1. The van der Waals surface area contributed by atoms with Crippen LogP contribution in [0.25, 0.3) is 11.5 Å². The summed E-state index contributed by atoms with van der Waals surface area (Å²) in [5.41, 5.74) is 2.00. The lowest BCUT2D eigenvalue weighted by molar-refractivity contribution is -0.384. The number of rotatable bonds is 5. The van der Waals surface area contributed by atoms with Gasteiger partial charge in [0.05, 0.1) is 11.5 Å². The lowest BCUT2D eigenvalue weighted by Crippen LogP contribution is -2.26. The van der Waals surface area contributed by atoms with Crippen molar-refractivity contribution in [2.75, 3.05) is 7.05 Å². The highest BCUT2D eigenvalue weighted by Crippen LogP contribution is 2.19. The van der Waals surface area contributed by atoms with E-state index in [4.69, 9.17) is 4.42 Å². The Bertz CT molecular complexity index is 950. The van der Waals surface area contributed by atoms with Crippen LogP contribution in [-0.4, -0.2) is 33.0 Å². The van der Waals surface area contributed by atoms with Gasteiger partial charge in [0.1, 0.15) is 0 Å². The van der Waals surface area contributed by atoms with Crippen molar-refractivity contribution >= 4 is 11.6 Å².